The van der Waals surface area contributed by atoms with Gasteiger partial charge in [0.25, 0.3) is 0 Å². The summed E-state index contributed by atoms with van der Waals surface area (Å²) < 4.78 is 11.8. The number of carbonyl (C=O) groups is 1. The van der Waals surface area contributed by atoms with Gasteiger partial charge in [0.1, 0.15) is 17.5 Å². The van der Waals surface area contributed by atoms with Crippen molar-refractivity contribution < 1.29 is 14.3 Å². The van der Waals surface area contributed by atoms with Crippen LogP contribution in [0.4, 0.5) is 4.79 Å². The number of nitrogens with one attached hydrogen (secondary N) is 1. The predicted molar refractivity (Wildman–Crippen MR) is 154 cm³/mol. The molecule has 0 spiro atoms. The van der Waals surface area contributed by atoms with Crippen LogP contribution in [0.5, 0.6) is 11.5 Å². The lowest BCUT2D eigenvalue weighted by atomic mass is 9.85. The molecule has 204 valence electrons. The zero-order valence-electron chi connectivity index (χ0n) is 21.9. The molecule has 3 aliphatic heterocycles. The number of amides is 1. The van der Waals surface area contributed by atoms with Crippen molar-refractivity contribution in [2.75, 3.05) is 32.8 Å². The number of carbonyl (C=O) groups excluding carboxylic acids is 1. The van der Waals surface area contributed by atoms with Crippen molar-refractivity contribution in [3.63, 3.8) is 0 Å². The number of nitrogens with zero attached hydrogens (tertiary/aromatic N) is 2. The Balaban J connectivity index is 1.21. The van der Waals surface area contributed by atoms with Crippen molar-refractivity contribution in [3.8, 4) is 11.5 Å². The zero-order chi connectivity index (χ0) is 26.8. The Bertz CT molecular complexity index is 1300. The molecule has 3 heterocycles. The lowest BCUT2D eigenvalue weighted by Crippen LogP contribution is -2.42. The van der Waals surface area contributed by atoms with Crippen LogP contribution in [-0.2, 0) is 0 Å². The van der Waals surface area contributed by atoms with E-state index in [1.54, 1.807) is 29.2 Å². The van der Waals surface area contributed by atoms with E-state index in [2.05, 4.69) is 28.4 Å². The topological polar surface area (TPSA) is 54.0 Å². The third-order valence-corrected chi connectivity index (χ3v) is 8.54. The molecule has 2 unspecified atom stereocenters. The van der Waals surface area contributed by atoms with E-state index in [1.807, 2.05) is 18.2 Å². The monoisotopic (exact) mass is 565 g/mol. The minimum atomic E-state index is -0.391. The summed E-state index contributed by atoms with van der Waals surface area (Å²) in [7, 11) is 0. The molecule has 0 aromatic heterocycles. The average Bonchev–Trinajstić information content (AvgIpc) is 3.60. The van der Waals surface area contributed by atoms with Crippen LogP contribution in [0.25, 0.3) is 0 Å². The molecule has 6 rings (SSSR count). The van der Waals surface area contributed by atoms with Gasteiger partial charge in [0, 0.05) is 40.5 Å². The third-order valence-electron chi connectivity index (χ3n) is 8.01. The molecule has 1 aliphatic carbocycles. The Morgan fingerprint density at radius 1 is 0.949 bits per heavy atom. The van der Waals surface area contributed by atoms with Gasteiger partial charge in [0.15, 0.2) is 0 Å². The molecule has 4 aliphatic rings. The zero-order valence-corrected chi connectivity index (χ0v) is 23.4. The summed E-state index contributed by atoms with van der Waals surface area (Å²) in [5.74, 6) is 1.53. The van der Waals surface area contributed by atoms with E-state index in [-0.39, 0.29) is 12.0 Å². The molecule has 1 amide bonds. The van der Waals surface area contributed by atoms with Crippen LogP contribution in [0.15, 0.2) is 82.7 Å². The van der Waals surface area contributed by atoms with Crippen molar-refractivity contribution >= 4 is 29.3 Å². The van der Waals surface area contributed by atoms with E-state index >= 15 is 0 Å². The van der Waals surface area contributed by atoms with Crippen molar-refractivity contribution in [1.82, 2.24) is 15.1 Å². The van der Waals surface area contributed by atoms with Crippen LogP contribution in [0, 0.1) is 5.92 Å². The highest BCUT2D eigenvalue weighted by molar-refractivity contribution is 6.30. The second-order valence-corrected chi connectivity index (χ2v) is 11.5. The summed E-state index contributed by atoms with van der Waals surface area (Å²) in [5.41, 5.74) is 4.51. The number of hydrogen-bond donors (Lipinski definition) is 1. The second-order valence-electron chi connectivity index (χ2n) is 10.5. The molecule has 0 bridgehead atoms. The molecule has 1 N–H and O–H groups in total. The number of fused-ring (bicyclic) bond motifs is 2. The van der Waals surface area contributed by atoms with Gasteiger partial charge in [-0.3, -0.25) is 4.90 Å². The molecular weight excluding hydrogens is 533 g/mol. The first kappa shape index (κ1) is 26.3. The minimum absolute atomic E-state index is 0.229. The quantitative estimate of drug-likeness (QED) is 0.365. The van der Waals surface area contributed by atoms with E-state index in [4.69, 9.17) is 32.7 Å². The molecule has 0 saturated carbocycles. The first-order valence-electron chi connectivity index (χ1n) is 13.8. The van der Waals surface area contributed by atoms with Crippen LogP contribution in [0.3, 0.4) is 0 Å². The van der Waals surface area contributed by atoms with Gasteiger partial charge in [-0.25, -0.2) is 4.79 Å². The van der Waals surface area contributed by atoms with Crippen LogP contribution < -0.4 is 14.8 Å². The van der Waals surface area contributed by atoms with Gasteiger partial charge in [-0.1, -0.05) is 35.3 Å². The summed E-state index contributed by atoms with van der Waals surface area (Å²) in [4.78, 5) is 17.8. The van der Waals surface area contributed by atoms with Crippen LogP contribution in [0.2, 0.25) is 5.02 Å². The predicted octanol–water partition coefficient (Wildman–Crippen LogP) is 7.03. The van der Waals surface area contributed by atoms with E-state index in [0.717, 1.165) is 53.5 Å². The van der Waals surface area contributed by atoms with E-state index < -0.39 is 6.09 Å². The van der Waals surface area contributed by atoms with Gasteiger partial charge < -0.3 is 19.7 Å². The van der Waals surface area contributed by atoms with Crippen molar-refractivity contribution in [2.24, 2.45) is 5.92 Å². The fourth-order valence-electron chi connectivity index (χ4n) is 6.05. The summed E-state index contributed by atoms with van der Waals surface area (Å²) in [5, 5.41) is 5.09. The second kappa shape index (κ2) is 11.7. The van der Waals surface area contributed by atoms with E-state index in [0.29, 0.717) is 23.9 Å². The Morgan fingerprint density at radius 2 is 1.69 bits per heavy atom. The lowest BCUT2D eigenvalue weighted by molar-refractivity contribution is 0.134. The highest BCUT2D eigenvalue weighted by Crippen LogP contribution is 2.47. The van der Waals surface area contributed by atoms with E-state index in [9.17, 15) is 4.79 Å². The van der Waals surface area contributed by atoms with Gasteiger partial charge in [0.05, 0.1) is 6.61 Å². The normalized spacial score (nSPS) is 22.6. The maximum Gasteiger partial charge on any atom is 0.416 e. The number of hydrogen-bond acceptors (Lipinski definition) is 5. The first-order chi connectivity index (χ1) is 19.0. The third kappa shape index (κ3) is 5.84. The summed E-state index contributed by atoms with van der Waals surface area (Å²) >= 11 is 12.4. The van der Waals surface area contributed by atoms with Gasteiger partial charge in [-0.2, -0.15) is 0 Å². The molecule has 1 fully saturated rings. The van der Waals surface area contributed by atoms with Crippen molar-refractivity contribution in [2.45, 2.75) is 38.1 Å². The highest BCUT2D eigenvalue weighted by atomic mass is 35.5. The fraction of sp³-hybridized carbons (Fsp3) is 0.387. The largest absolute Gasteiger partial charge is 0.494 e. The molecule has 0 radical (unpaired) electrons. The minimum Gasteiger partial charge on any atom is -0.494 e. The average molecular weight is 567 g/mol. The number of halogens is 2. The van der Waals surface area contributed by atoms with Gasteiger partial charge in [-0.15, -0.1) is 0 Å². The molecule has 6 nitrogen and oxygen atoms in total. The molecular formula is C31H33Cl2N3O3. The summed E-state index contributed by atoms with van der Waals surface area (Å²) in [6, 6.07) is 14.7. The van der Waals surface area contributed by atoms with Crippen molar-refractivity contribution in [1.29, 1.82) is 0 Å². The Kier molecular flexibility index (Phi) is 7.87. The SMILES string of the molecule is O=C(Oc1ccc(Cl)cc1)N1CCC2=C(NC3=CC=C(Cl)CC32)C1c1ccc(OCCCN2CCCC2)cc1. The molecule has 39 heavy (non-hydrogen) atoms. The lowest BCUT2D eigenvalue weighted by Gasteiger charge is -2.36. The number of rotatable bonds is 7. The van der Waals surface area contributed by atoms with E-state index in [1.165, 1.54) is 31.5 Å². The number of ether oxygens (including phenoxy) is 2. The molecule has 2 aromatic rings. The first-order valence-corrected chi connectivity index (χ1v) is 14.6. The molecule has 1 saturated heterocycles. The van der Waals surface area contributed by atoms with Crippen LogP contribution in [0.1, 0.15) is 43.7 Å². The standard InChI is InChI=1S/C31H33Cl2N3O3/c32-22-6-11-25(12-7-22)39-31(37)36-18-14-26-27-20-23(33)8-13-28(27)34-29(26)30(36)21-4-9-24(10-5-21)38-19-3-17-35-15-1-2-16-35/h4-13,27,30,34H,1-3,14-20H2. The maximum atomic E-state index is 13.5. The molecule has 2 atom stereocenters. The number of allylic oxidation sites excluding steroid dienone is 4. The Hall–Kier alpha value is -2.93. The Morgan fingerprint density at radius 3 is 2.46 bits per heavy atom. The van der Waals surface area contributed by atoms with Crippen LogP contribution >= 0.6 is 23.2 Å². The molecule has 2 aromatic carbocycles. The van der Waals surface area contributed by atoms with Crippen LogP contribution in [-0.4, -0.2) is 48.7 Å². The highest BCUT2D eigenvalue weighted by Gasteiger charge is 2.42. The maximum absolute atomic E-state index is 13.5. The number of benzene rings is 2. The fourth-order valence-corrected chi connectivity index (χ4v) is 6.39. The number of likely N-dealkylation sites (tertiary alicyclic amines) is 1. The van der Waals surface area contributed by atoms with Crippen molar-refractivity contribution in [3.05, 3.63) is 93.3 Å². The molecule has 8 heteroatoms. The van der Waals surface area contributed by atoms with Gasteiger partial charge in [-0.05, 0) is 105 Å². The summed E-state index contributed by atoms with van der Waals surface area (Å²) in [6.07, 6.45) is 8.80. The Labute approximate surface area is 239 Å². The van der Waals surface area contributed by atoms with Gasteiger partial charge in [0.2, 0.25) is 0 Å². The van der Waals surface area contributed by atoms with Gasteiger partial charge >= 0.3 is 6.09 Å². The smallest absolute Gasteiger partial charge is 0.416 e. The summed E-state index contributed by atoms with van der Waals surface area (Å²) in [6.45, 7) is 4.75.